The lowest BCUT2D eigenvalue weighted by atomic mass is 10.1. The van der Waals surface area contributed by atoms with Crippen molar-refractivity contribution in [3.8, 4) is 11.4 Å². The second-order valence-electron chi connectivity index (χ2n) is 9.18. The van der Waals surface area contributed by atoms with Crippen LogP contribution in [0.5, 0.6) is 5.75 Å². The zero-order valence-corrected chi connectivity index (χ0v) is 22.0. The number of benzene rings is 3. The summed E-state index contributed by atoms with van der Waals surface area (Å²) < 4.78 is 40.8. The third-order valence-corrected chi connectivity index (χ3v) is 7.91. The summed E-state index contributed by atoms with van der Waals surface area (Å²) in [4.78, 5) is 14.8. The Morgan fingerprint density at radius 2 is 1.63 bits per heavy atom. The molecule has 1 fully saturated rings. The molecule has 0 saturated carbocycles. The second kappa shape index (κ2) is 10.7. The number of nitrogens with zero attached hydrogens (tertiary/aromatic N) is 2. The third-order valence-electron chi connectivity index (χ3n) is 6.50. The number of ether oxygens (including phenoxy) is 2. The van der Waals surface area contributed by atoms with Crippen LogP contribution in [0.1, 0.15) is 21.5 Å². The Balaban J connectivity index is 1.20. The van der Waals surface area contributed by atoms with Crippen LogP contribution in [0.25, 0.3) is 5.69 Å². The predicted molar refractivity (Wildman–Crippen MR) is 145 cm³/mol. The average Bonchev–Trinajstić information content (AvgIpc) is 3.44. The molecule has 0 aliphatic carbocycles. The van der Waals surface area contributed by atoms with Crippen LogP contribution >= 0.6 is 0 Å². The van der Waals surface area contributed by atoms with Gasteiger partial charge in [-0.15, -0.1) is 0 Å². The Hall–Kier alpha value is -4.08. The number of esters is 1. The van der Waals surface area contributed by atoms with Crippen LogP contribution in [-0.4, -0.2) is 45.3 Å². The minimum absolute atomic E-state index is 0.0137. The van der Waals surface area contributed by atoms with Crippen molar-refractivity contribution in [2.75, 3.05) is 25.1 Å². The number of sulfonamides is 1. The van der Waals surface area contributed by atoms with Crippen molar-refractivity contribution in [3.05, 3.63) is 108 Å². The molecule has 9 heteroatoms. The molecule has 0 amide bonds. The smallest absolute Gasteiger partial charge is 0.340 e. The van der Waals surface area contributed by atoms with Gasteiger partial charge in [0.15, 0.2) is 0 Å². The van der Waals surface area contributed by atoms with E-state index in [9.17, 15) is 13.2 Å². The van der Waals surface area contributed by atoms with Crippen LogP contribution in [0.2, 0.25) is 0 Å². The lowest BCUT2D eigenvalue weighted by Crippen LogP contribution is -2.54. The number of carbonyl (C=O) groups excluding carboxylic acids is 1. The number of nitrogens with one attached hydrogen (secondary N) is 1. The molecule has 3 aromatic carbocycles. The van der Waals surface area contributed by atoms with Crippen molar-refractivity contribution in [1.29, 1.82) is 0 Å². The number of hydrogen-bond acceptors (Lipinski definition) is 6. The number of aryl methyl sites for hydroxylation is 1. The Morgan fingerprint density at radius 1 is 0.947 bits per heavy atom. The number of rotatable bonds is 9. The monoisotopic (exact) mass is 531 g/mol. The van der Waals surface area contributed by atoms with Crippen molar-refractivity contribution in [2.24, 2.45) is 0 Å². The predicted octanol–water partition coefficient (Wildman–Crippen LogP) is 4.32. The van der Waals surface area contributed by atoms with Gasteiger partial charge in [0.2, 0.25) is 10.0 Å². The average molecular weight is 532 g/mol. The number of para-hydroxylation sites is 1. The lowest BCUT2D eigenvalue weighted by Gasteiger charge is -2.41. The van der Waals surface area contributed by atoms with E-state index in [-0.39, 0.29) is 23.5 Å². The molecule has 196 valence electrons. The number of anilines is 1. The Bertz CT molecular complexity index is 1510. The van der Waals surface area contributed by atoms with Gasteiger partial charge in [-0.25, -0.2) is 17.9 Å². The fraction of sp³-hybridized carbons (Fsp3) is 0.207. The Kier molecular flexibility index (Phi) is 7.22. The second-order valence-corrected chi connectivity index (χ2v) is 10.9. The highest BCUT2D eigenvalue weighted by Gasteiger charge is 2.32. The molecule has 5 rings (SSSR count). The van der Waals surface area contributed by atoms with E-state index in [0.29, 0.717) is 24.4 Å². The molecule has 2 heterocycles. The van der Waals surface area contributed by atoms with Crippen LogP contribution in [-0.2, 0) is 21.3 Å². The van der Waals surface area contributed by atoms with Gasteiger partial charge in [0.1, 0.15) is 11.9 Å². The molecule has 0 radical (unpaired) electrons. The van der Waals surface area contributed by atoms with Gasteiger partial charge in [-0.3, -0.25) is 0 Å². The molecule has 1 aliphatic heterocycles. The van der Waals surface area contributed by atoms with Gasteiger partial charge in [0.05, 0.1) is 42.0 Å². The van der Waals surface area contributed by atoms with Gasteiger partial charge in [-0.2, -0.15) is 0 Å². The molecule has 1 N–H and O–H groups in total. The van der Waals surface area contributed by atoms with Gasteiger partial charge in [0.25, 0.3) is 0 Å². The van der Waals surface area contributed by atoms with Crippen LogP contribution in [0.15, 0.2) is 96.2 Å². The van der Waals surface area contributed by atoms with Gasteiger partial charge in [-0.05, 0) is 61.0 Å². The van der Waals surface area contributed by atoms with E-state index >= 15 is 0 Å². The van der Waals surface area contributed by atoms with Crippen molar-refractivity contribution in [1.82, 2.24) is 9.29 Å². The minimum atomic E-state index is -3.58. The fourth-order valence-corrected chi connectivity index (χ4v) is 5.40. The molecule has 1 aliphatic rings. The maximum absolute atomic E-state index is 12.5. The maximum atomic E-state index is 12.5. The molecular formula is C29H29N3O5S. The van der Waals surface area contributed by atoms with Crippen LogP contribution in [0, 0.1) is 6.92 Å². The molecule has 0 unspecified atom stereocenters. The normalized spacial score (nSPS) is 13.7. The van der Waals surface area contributed by atoms with E-state index in [1.807, 2.05) is 72.4 Å². The maximum Gasteiger partial charge on any atom is 0.340 e. The summed E-state index contributed by atoms with van der Waals surface area (Å²) >= 11 is 0. The molecule has 0 spiro atoms. The van der Waals surface area contributed by atoms with E-state index in [2.05, 4.69) is 9.62 Å². The van der Waals surface area contributed by atoms with Gasteiger partial charge >= 0.3 is 5.97 Å². The topological polar surface area (TPSA) is 89.9 Å². The highest BCUT2D eigenvalue weighted by Crippen LogP contribution is 2.33. The summed E-state index contributed by atoms with van der Waals surface area (Å²) in [7, 11) is -2.20. The van der Waals surface area contributed by atoms with Crippen LogP contribution in [0.3, 0.4) is 0 Å². The van der Waals surface area contributed by atoms with E-state index in [4.69, 9.17) is 9.47 Å². The SMILES string of the molecule is COC(=O)c1cccc(N2CC(Oc3ccc(CNS(=O)(=O)c4ccc(C)cc4)cc3)C2)c1-n1cccc1. The molecule has 0 atom stereocenters. The summed E-state index contributed by atoms with van der Waals surface area (Å²) in [5.74, 6) is 0.332. The van der Waals surface area contributed by atoms with Gasteiger partial charge in [-0.1, -0.05) is 35.9 Å². The molecule has 0 bridgehead atoms. The number of carbonyl (C=O) groups is 1. The summed E-state index contributed by atoms with van der Waals surface area (Å²) in [6, 6.07) is 23.6. The molecule has 4 aromatic rings. The molecular weight excluding hydrogens is 502 g/mol. The fourth-order valence-electron chi connectivity index (χ4n) is 4.38. The van der Waals surface area contributed by atoms with Gasteiger partial charge in [0, 0.05) is 18.9 Å². The molecule has 8 nitrogen and oxygen atoms in total. The lowest BCUT2D eigenvalue weighted by molar-refractivity contribution is 0.0600. The molecule has 38 heavy (non-hydrogen) atoms. The number of hydrogen-bond donors (Lipinski definition) is 1. The third kappa shape index (κ3) is 5.44. The van der Waals surface area contributed by atoms with Crippen LogP contribution < -0.4 is 14.4 Å². The number of methoxy groups -OCH3 is 1. The number of aromatic nitrogens is 1. The zero-order chi connectivity index (χ0) is 26.7. The van der Waals surface area contributed by atoms with Crippen molar-refractivity contribution in [2.45, 2.75) is 24.5 Å². The van der Waals surface area contributed by atoms with Gasteiger partial charge < -0.3 is 18.9 Å². The van der Waals surface area contributed by atoms with Crippen LogP contribution in [0.4, 0.5) is 5.69 Å². The first-order chi connectivity index (χ1) is 18.3. The standard InChI is InChI=1S/C29H29N3O5S/c1-21-8-14-25(15-9-21)38(34,35)30-18-22-10-12-23(13-11-22)37-24-19-32(20-24)27-7-5-6-26(29(33)36-2)28(27)31-16-3-4-17-31/h3-17,24,30H,18-20H2,1-2H3. The Morgan fingerprint density at radius 3 is 2.29 bits per heavy atom. The Labute approximate surface area is 222 Å². The highest BCUT2D eigenvalue weighted by molar-refractivity contribution is 7.89. The summed E-state index contributed by atoms with van der Waals surface area (Å²) in [6.07, 6.45) is 3.79. The van der Waals surface area contributed by atoms with E-state index in [1.54, 1.807) is 30.3 Å². The highest BCUT2D eigenvalue weighted by atomic mass is 32.2. The van der Waals surface area contributed by atoms with Crippen molar-refractivity contribution in [3.63, 3.8) is 0 Å². The first kappa shape index (κ1) is 25.6. The van der Waals surface area contributed by atoms with E-state index in [0.717, 1.165) is 22.5 Å². The van der Waals surface area contributed by atoms with E-state index in [1.165, 1.54) is 7.11 Å². The minimum Gasteiger partial charge on any atom is -0.487 e. The first-order valence-electron chi connectivity index (χ1n) is 12.3. The summed E-state index contributed by atoms with van der Waals surface area (Å²) in [5, 5.41) is 0. The first-order valence-corrected chi connectivity index (χ1v) is 13.7. The summed E-state index contributed by atoms with van der Waals surface area (Å²) in [5.41, 5.74) is 4.05. The zero-order valence-electron chi connectivity index (χ0n) is 21.2. The molecule has 1 aromatic heterocycles. The van der Waals surface area contributed by atoms with Crippen molar-refractivity contribution >= 4 is 21.7 Å². The molecule has 1 saturated heterocycles. The van der Waals surface area contributed by atoms with Crippen molar-refractivity contribution < 1.29 is 22.7 Å². The van der Waals surface area contributed by atoms with E-state index < -0.39 is 10.0 Å². The largest absolute Gasteiger partial charge is 0.487 e. The summed E-state index contributed by atoms with van der Waals surface area (Å²) in [6.45, 7) is 3.43. The quantitative estimate of drug-likeness (QED) is 0.324.